The number of hydrogen-bond acceptors (Lipinski definition) is 9. The van der Waals surface area contributed by atoms with Crippen LogP contribution in [0, 0.1) is 5.92 Å². The maximum Gasteiger partial charge on any atom is 0.306 e. The summed E-state index contributed by atoms with van der Waals surface area (Å²) >= 11 is 0. The molecule has 0 aliphatic carbocycles. The van der Waals surface area contributed by atoms with Crippen LogP contribution in [0.1, 0.15) is 31.1 Å². The van der Waals surface area contributed by atoms with Gasteiger partial charge >= 0.3 is 10.1 Å². The first-order valence-corrected chi connectivity index (χ1v) is 10.6. The molecule has 1 aromatic heterocycles. The van der Waals surface area contributed by atoms with Gasteiger partial charge in [0.05, 0.1) is 18.9 Å². The third-order valence-electron chi connectivity index (χ3n) is 4.08. The minimum Gasteiger partial charge on any atom is -0.493 e. The molecule has 0 bridgehead atoms. The van der Waals surface area contributed by atoms with Gasteiger partial charge in [-0.05, 0) is 25.0 Å². The van der Waals surface area contributed by atoms with Gasteiger partial charge in [-0.3, -0.25) is 4.79 Å². The minimum atomic E-state index is -3.70. The smallest absolute Gasteiger partial charge is 0.306 e. The number of amides is 1. The van der Waals surface area contributed by atoms with Crippen molar-refractivity contribution in [2.75, 3.05) is 24.0 Å². The third kappa shape index (κ3) is 6.21. The molecular weight excluding hydrogens is 398 g/mol. The van der Waals surface area contributed by atoms with Crippen LogP contribution in [0.5, 0.6) is 11.5 Å². The summed E-state index contributed by atoms with van der Waals surface area (Å²) in [6, 6.07) is 4.61. The number of primary amides is 1. The van der Waals surface area contributed by atoms with Gasteiger partial charge in [-0.25, -0.2) is 4.98 Å². The van der Waals surface area contributed by atoms with Crippen LogP contribution in [0.2, 0.25) is 0 Å². The minimum absolute atomic E-state index is 0.0448. The van der Waals surface area contributed by atoms with Crippen LogP contribution in [-0.2, 0) is 10.1 Å². The molecule has 1 atom stereocenters. The summed E-state index contributed by atoms with van der Waals surface area (Å²) in [5.41, 5.74) is 6.12. The van der Waals surface area contributed by atoms with Gasteiger partial charge in [-0.2, -0.15) is 13.4 Å². The number of carbonyl (C=O) groups is 1. The Balaban J connectivity index is 2.32. The van der Waals surface area contributed by atoms with Gasteiger partial charge in [0, 0.05) is 24.0 Å². The lowest BCUT2D eigenvalue weighted by Crippen LogP contribution is -2.25. The molecule has 0 saturated heterocycles. The van der Waals surface area contributed by atoms with E-state index in [1.165, 1.54) is 25.4 Å². The lowest BCUT2D eigenvalue weighted by molar-refractivity contribution is 0.100. The van der Waals surface area contributed by atoms with Crippen LogP contribution in [-0.4, -0.2) is 43.7 Å². The number of carbonyl (C=O) groups excluding carboxylic acids is 1. The van der Waals surface area contributed by atoms with E-state index < -0.39 is 16.0 Å². The van der Waals surface area contributed by atoms with Crippen molar-refractivity contribution in [3.05, 3.63) is 30.0 Å². The molecule has 10 nitrogen and oxygen atoms in total. The average molecular weight is 423 g/mol. The fraction of sp³-hybridized carbons (Fsp3) is 0.389. The van der Waals surface area contributed by atoms with E-state index in [9.17, 15) is 13.2 Å². The first-order chi connectivity index (χ1) is 13.5. The van der Waals surface area contributed by atoms with E-state index in [0.717, 1.165) is 6.26 Å². The molecule has 0 aliphatic rings. The Morgan fingerprint density at radius 2 is 1.90 bits per heavy atom. The quantitative estimate of drug-likeness (QED) is 0.516. The summed E-state index contributed by atoms with van der Waals surface area (Å²) < 4.78 is 32.8. The standard InChI is InChI=1S/C18H25N5O5S/c1-10(2)11(3)21-17-13(16(19)24)9-20-18(23-17)22-12-6-7-14(15(8-12)27-4)28-29(5,25)26/h6-11H,1-5H3,(H2,19,24)(H2,20,21,22,23)/t11-/m1/s1. The van der Waals surface area contributed by atoms with Gasteiger partial charge in [0.25, 0.3) is 5.91 Å². The lowest BCUT2D eigenvalue weighted by atomic mass is 10.1. The number of nitrogens with two attached hydrogens (primary N) is 1. The molecule has 0 unspecified atom stereocenters. The lowest BCUT2D eigenvalue weighted by Gasteiger charge is -2.20. The van der Waals surface area contributed by atoms with E-state index in [-0.39, 0.29) is 29.1 Å². The molecule has 0 fully saturated rings. The zero-order chi connectivity index (χ0) is 21.8. The number of aromatic nitrogens is 2. The highest BCUT2D eigenvalue weighted by Crippen LogP contribution is 2.32. The van der Waals surface area contributed by atoms with E-state index in [0.29, 0.717) is 17.4 Å². The Kier molecular flexibility index (Phi) is 6.85. The number of anilines is 3. The van der Waals surface area contributed by atoms with Crippen molar-refractivity contribution in [1.82, 2.24) is 9.97 Å². The molecule has 29 heavy (non-hydrogen) atoms. The highest BCUT2D eigenvalue weighted by Gasteiger charge is 2.17. The van der Waals surface area contributed by atoms with Crippen LogP contribution in [0.3, 0.4) is 0 Å². The predicted molar refractivity (Wildman–Crippen MR) is 110 cm³/mol. The highest BCUT2D eigenvalue weighted by atomic mass is 32.2. The summed E-state index contributed by atoms with van der Waals surface area (Å²) in [6.07, 6.45) is 2.28. The average Bonchev–Trinajstić information content (AvgIpc) is 2.61. The molecule has 1 heterocycles. The SMILES string of the molecule is COc1cc(Nc2ncc(C(N)=O)c(N[C@H](C)C(C)C)n2)ccc1OS(C)(=O)=O. The number of nitrogens with one attached hydrogen (secondary N) is 2. The molecule has 158 valence electrons. The Labute approximate surface area is 170 Å². The normalized spacial score (nSPS) is 12.3. The number of nitrogens with zero attached hydrogens (tertiary/aromatic N) is 2. The van der Waals surface area contributed by atoms with Crippen molar-refractivity contribution in [2.45, 2.75) is 26.8 Å². The predicted octanol–water partition coefficient (Wildman–Crippen LogP) is 2.12. The molecule has 0 spiro atoms. The Morgan fingerprint density at radius 3 is 2.45 bits per heavy atom. The number of methoxy groups -OCH3 is 1. The summed E-state index contributed by atoms with van der Waals surface area (Å²) in [4.78, 5) is 20.1. The molecule has 1 amide bonds. The Morgan fingerprint density at radius 1 is 1.21 bits per heavy atom. The third-order valence-corrected chi connectivity index (χ3v) is 4.56. The van der Waals surface area contributed by atoms with Gasteiger partial charge in [-0.1, -0.05) is 13.8 Å². The van der Waals surface area contributed by atoms with Crippen LogP contribution in [0.4, 0.5) is 17.5 Å². The second-order valence-corrected chi connectivity index (χ2v) is 8.35. The van der Waals surface area contributed by atoms with Crippen molar-refractivity contribution in [2.24, 2.45) is 11.7 Å². The largest absolute Gasteiger partial charge is 0.493 e. The van der Waals surface area contributed by atoms with Crippen LogP contribution >= 0.6 is 0 Å². The summed E-state index contributed by atoms with van der Waals surface area (Å²) in [5, 5.41) is 6.15. The number of hydrogen-bond donors (Lipinski definition) is 3. The van der Waals surface area contributed by atoms with Crippen LogP contribution in [0.15, 0.2) is 24.4 Å². The van der Waals surface area contributed by atoms with Gasteiger partial charge in [0.1, 0.15) is 5.82 Å². The topological polar surface area (TPSA) is 146 Å². The van der Waals surface area contributed by atoms with E-state index in [1.54, 1.807) is 6.07 Å². The molecule has 2 aromatic rings. The number of ether oxygens (including phenoxy) is 1. The van der Waals surface area contributed by atoms with Crippen molar-refractivity contribution in [3.8, 4) is 11.5 Å². The van der Waals surface area contributed by atoms with Gasteiger partial charge < -0.3 is 25.3 Å². The van der Waals surface area contributed by atoms with E-state index in [4.69, 9.17) is 14.7 Å². The van der Waals surface area contributed by atoms with E-state index >= 15 is 0 Å². The molecule has 4 N–H and O–H groups in total. The fourth-order valence-electron chi connectivity index (χ4n) is 2.22. The molecule has 0 saturated carbocycles. The zero-order valence-corrected chi connectivity index (χ0v) is 17.7. The summed E-state index contributed by atoms with van der Waals surface area (Å²) in [7, 11) is -2.31. The number of benzene rings is 1. The van der Waals surface area contributed by atoms with Gasteiger partial charge in [0.2, 0.25) is 5.95 Å². The van der Waals surface area contributed by atoms with Crippen LogP contribution < -0.4 is 25.3 Å². The first kappa shape index (κ1) is 22.2. The summed E-state index contributed by atoms with van der Waals surface area (Å²) in [6.45, 7) is 6.04. The monoisotopic (exact) mass is 423 g/mol. The van der Waals surface area contributed by atoms with Crippen LogP contribution in [0.25, 0.3) is 0 Å². The second-order valence-electron chi connectivity index (χ2n) is 6.78. The maximum atomic E-state index is 11.7. The van der Waals surface area contributed by atoms with Gasteiger partial charge in [0.15, 0.2) is 11.5 Å². The van der Waals surface area contributed by atoms with Crippen molar-refractivity contribution in [1.29, 1.82) is 0 Å². The maximum absolute atomic E-state index is 11.7. The number of rotatable bonds is 9. The highest BCUT2D eigenvalue weighted by molar-refractivity contribution is 7.86. The van der Waals surface area contributed by atoms with Crippen molar-refractivity contribution in [3.63, 3.8) is 0 Å². The molecular formula is C18H25N5O5S. The Hall–Kier alpha value is -3.08. The zero-order valence-electron chi connectivity index (χ0n) is 16.9. The van der Waals surface area contributed by atoms with Gasteiger partial charge in [-0.15, -0.1) is 0 Å². The fourth-order valence-corrected chi connectivity index (χ4v) is 2.68. The Bertz CT molecular complexity index is 994. The first-order valence-electron chi connectivity index (χ1n) is 8.78. The molecule has 2 rings (SSSR count). The second kappa shape index (κ2) is 8.95. The molecule has 11 heteroatoms. The molecule has 0 radical (unpaired) electrons. The molecule has 1 aromatic carbocycles. The summed E-state index contributed by atoms with van der Waals surface area (Å²) in [5.74, 6) is 0.458. The van der Waals surface area contributed by atoms with Crippen molar-refractivity contribution < 1.29 is 22.1 Å². The molecule has 0 aliphatic heterocycles. The van der Waals surface area contributed by atoms with Crippen molar-refractivity contribution >= 4 is 33.5 Å². The van der Waals surface area contributed by atoms with E-state index in [1.807, 2.05) is 20.8 Å². The van der Waals surface area contributed by atoms with E-state index in [2.05, 4.69) is 20.6 Å².